The molecule has 2 rings (SSSR count). The molecule has 2 aromatic carbocycles. The minimum atomic E-state index is -1.06. The molecule has 3 amide bonds. The summed E-state index contributed by atoms with van der Waals surface area (Å²) in [5.41, 5.74) is 7.43. The third-order valence-electron chi connectivity index (χ3n) is 3.01. The van der Waals surface area contributed by atoms with Crippen molar-refractivity contribution in [1.82, 2.24) is 5.32 Å². The Morgan fingerprint density at radius 1 is 1.04 bits per heavy atom. The largest absolute Gasteiger partial charge is 0.398 e. The van der Waals surface area contributed by atoms with E-state index in [1.165, 1.54) is 12.1 Å². The minimum absolute atomic E-state index is 0.130. The van der Waals surface area contributed by atoms with Gasteiger partial charge in [-0.25, -0.2) is 0 Å². The molecule has 7 heteroatoms. The van der Waals surface area contributed by atoms with Crippen LogP contribution in [0, 0.1) is 6.92 Å². The van der Waals surface area contributed by atoms with Crippen molar-refractivity contribution in [3.63, 3.8) is 0 Å². The number of anilines is 2. The molecule has 0 saturated carbocycles. The third-order valence-corrected chi connectivity index (χ3v) is 3.67. The van der Waals surface area contributed by atoms with Crippen LogP contribution in [0.2, 0.25) is 0 Å². The van der Waals surface area contributed by atoms with Crippen molar-refractivity contribution in [3.05, 3.63) is 58.1 Å². The predicted octanol–water partition coefficient (Wildman–Crippen LogP) is 2.23. The lowest BCUT2D eigenvalue weighted by Gasteiger charge is -2.09. The molecule has 0 fully saturated rings. The van der Waals surface area contributed by atoms with Gasteiger partial charge in [-0.15, -0.1) is 0 Å². The number of rotatable bonds is 2. The van der Waals surface area contributed by atoms with Gasteiger partial charge in [0.15, 0.2) is 0 Å². The Labute approximate surface area is 141 Å². The van der Waals surface area contributed by atoms with Crippen LogP contribution >= 0.6 is 15.9 Å². The normalized spacial score (nSPS) is 10.0. The van der Waals surface area contributed by atoms with E-state index in [1.54, 1.807) is 30.3 Å². The Morgan fingerprint density at radius 3 is 2.39 bits per heavy atom. The molecular weight excluding hydrogens is 362 g/mol. The topological polar surface area (TPSA) is 101 Å². The summed E-state index contributed by atoms with van der Waals surface area (Å²) in [6, 6.07) is 11.5. The van der Waals surface area contributed by atoms with Crippen LogP contribution in [0.5, 0.6) is 0 Å². The first-order valence-electron chi connectivity index (χ1n) is 6.66. The average Bonchev–Trinajstić information content (AvgIpc) is 2.50. The summed E-state index contributed by atoms with van der Waals surface area (Å²) in [6.45, 7) is 1.89. The number of nitrogens with two attached hydrogens (primary N) is 1. The SMILES string of the molecule is Cc1ccc(NC(=O)C(=O)NC(=O)c2ccccc2N)c(Br)c1. The maximum atomic E-state index is 11.9. The van der Waals surface area contributed by atoms with Crippen LogP contribution in [0.3, 0.4) is 0 Å². The summed E-state index contributed by atoms with van der Waals surface area (Å²) >= 11 is 3.29. The fourth-order valence-electron chi connectivity index (χ4n) is 1.83. The molecule has 0 heterocycles. The zero-order valence-corrected chi connectivity index (χ0v) is 13.8. The summed E-state index contributed by atoms with van der Waals surface area (Å²) in [4.78, 5) is 35.6. The van der Waals surface area contributed by atoms with Crippen molar-refractivity contribution < 1.29 is 14.4 Å². The fraction of sp³-hybridized carbons (Fsp3) is 0.0625. The Bertz CT molecular complexity index is 790. The van der Waals surface area contributed by atoms with Crippen LogP contribution in [-0.4, -0.2) is 17.7 Å². The second kappa shape index (κ2) is 7.06. The van der Waals surface area contributed by atoms with Crippen LogP contribution in [0.1, 0.15) is 15.9 Å². The molecule has 0 atom stereocenters. The van der Waals surface area contributed by atoms with Crippen molar-refractivity contribution in [2.45, 2.75) is 6.92 Å². The first-order valence-corrected chi connectivity index (χ1v) is 7.45. The Hall–Kier alpha value is -2.67. The zero-order valence-electron chi connectivity index (χ0n) is 12.2. The van der Waals surface area contributed by atoms with Crippen LogP contribution in [0.25, 0.3) is 0 Å². The lowest BCUT2D eigenvalue weighted by Crippen LogP contribution is -2.39. The van der Waals surface area contributed by atoms with E-state index >= 15 is 0 Å². The van der Waals surface area contributed by atoms with E-state index in [2.05, 4.69) is 21.2 Å². The summed E-state index contributed by atoms with van der Waals surface area (Å²) in [5.74, 6) is -2.74. The van der Waals surface area contributed by atoms with E-state index in [-0.39, 0.29) is 11.3 Å². The van der Waals surface area contributed by atoms with E-state index in [9.17, 15) is 14.4 Å². The van der Waals surface area contributed by atoms with Gasteiger partial charge in [0.1, 0.15) is 0 Å². The highest BCUT2D eigenvalue weighted by Crippen LogP contribution is 2.23. The molecule has 0 aliphatic carbocycles. The van der Waals surface area contributed by atoms with Gasteiger partial charge in [-0.2, -0.15) is 0 Å². The highest BCUT2D eigenvalue weighted by Gasteiger charge is 2.19. The Kier molecular flexibility index (Phi) is 5.13. The van der Waals surface area contributed by atoms with Crippen molar-refractivity contribution in [1.29, 1.82) is 0 Å². The number of imide groups is 1. The molecule has 0 bridgehead atoms. The first kappa shape index (κ1) is 16.7. The number of para-hydroxylation sites is 1. The molecule has 4 N–H and O–H groups in total. The van der Waals surface area contributed by atoms with Gasteiger partial charge in [0.25, 0.3) is 5.91 Å². The molecule has 0 unspecified atom stereocenters. The summed E-state index contributed by atoms with van der Waals surface area (Å²) in [5, 5.41) is 4.43. The smallest absolute Gasteiger partial charge is 0.316 e. The molecule has 0 aromatic heterocycles. The monoisotopic (exact) mass is 375 g/mol. The van der Waals surface area contributed by atoms with Gasteiger partial charge in [0.05, 0.1) is 11.3 Å². The van der Waals surface area contributed by atoms with Crippen molar-refractivity contribution in [2.24, 2.45) is 0 Å². The second-order valence-electron chi connectivity index (χ2n) is 4.81. The molecule has 0 spiro atoms. The van der Waals surface area contributed by atoms with Gasteiger partial charge < -0.3 is 11.1 Å². The molecular formula is C16H14BrN3O3. The summed E-state index contributed by atoms with van der Waals surface area (Å²) < 4.78 is 0.636. The number of hydrogen-bond donors (Lipinski definition) is 3. The second-order valence-corrected chi connectivity index (χ2v) is 5.66. The molecule has 2 aromatic rings. The average molecular weight is 376 g/mol. The quantitative estimate of drug-likeness (QED) is 0.553. The molecule has 0 radical (unpaired) electrons. The molecule has 23 heavy (non-hydrogen) atoms. The molecule has 0 aliphatic heterocycles. The number of aryl methyl sites for hydroxylation is 1. The van der Waals surface area contributed by atoms with E-state index < -0.39 is 17.7 Å². The number of hydrogen-bond acceptors (Lipinski definition) is 4. The summed E-state index contributed by atoms with van der Waals surface area (Å²) in [6.07, 6.45) is 0. The van der Waals surface area contributed by atoms with Crippen molar-refractivity contribution in [3.8, 4) is 0 Å². The van der Waals surface area contributed by atoms with E-state index in [1.807, 2.05) is 12.2 Å². The predicted molar refractivity (Wildman–Crippen MR) is 90.8 cm³/mol. The van der Waals surface area contributed by atoms with Crippen LogP contribution < -0.4 is 16.4 Å². The number of nitrogen functional groups attached to an aromatic ring is 1. The van der Waals surface area contributed by atoms with E-state index in [4.69, 9.17) is 5.73 Å². The van der Waals surface area contributed by atoms with Crippen LogP contribution in [-0.2, 0) is 9.59 Å². The van der Waals surface area contributed by atoms with Gasteiger partial charge in [0.2, 0.25) is 0 Å². The van der Waals surface area contributed by atoms with E-state index in [0.29, 0.717) is 10.2 Å². The Balaban J connectivity index is 2.04. The lowest BCUT2D eigenvalue weighted by atomic mass is 10.1. The summed E-state index contributed by atoms with van der Waals surface area (Å²) in [7, 11) is 0. The third kappa shape index (κ3) is 4.17. The van der Waals surface area contributed by atoms with Gasteiger partial charge in [-0.1, -0.05) is 18.2 Å². The highest BCUT2D eigenvalue weighted by atomic mass is 79.9. The standard InChI is InChI=1S/C16H14BrN3O3/c1-9-6-7-13(11(17)8-9)19-15(22)16(23)20-14(21)10-4-2-3-5-12(10)18/h2-8H,18H2,1H3,(H,19,22)(H,20,21,23). The number of carbonyl (C=O) groups excluding carboxylic acids is 3. The highest BCUT2D eigenvalue weighted by molar-refractivity contribution is 9.10. The van der Waals surface area contributed by atoms with Crippen molar-refractivity contribution in [2.75, 3.05) is 11.1 Å². The first-order chi connectivity index (χ1) is 10.9. The number of halogens is 1. The van der Waals surface area contributed by atoms with Gasteiger partial charge >= 0.3 is 11.8 Å². The van der Waals surface area contributed by atoms with Crippen molar-refractivity contribution >= 4 is 45.0 Å². The number of amides is 3. The minimum Gasteiger partial charge on any atom is -0.398 e. The van der Waals surface area contributed by atoms with Crippen LogP contribution in [0.4, 0.5) is 11.4 Å². The zero-order chi connectivity index (χ0) is 17.0. The molecule has 0 aliphatic rings. The van der Waals surface area contributed by atoms with Gasteiger partial charge in [-0.3, -0.25) is 19.7 Å². The maximum absolute atomic E-state index is 11.9. The number of nitrogens with one attached hydrogen (secondary N) is 2. The van der Waals surface area contributed by atoms with Crippen LogP contribution in [0.15, 0.2) is 46.9 Å². The molecule has 0 saturated heterocycles. The Morgan fingerprint density at radius 2 is 1.74 bits per heavy atom. The van der Waals surface area contributed by atoms with Gasteiger partial charge in [0, 0.05) is 10.2 Å². The lowest BCUT2D eigenvalue weighted by molar-refractivity contribution is -0.135. The number of benzene rings is 2. The van der Waals surface area contributed by atoms with Gasteiger partial charge in [-0.05, 0) is 52.7 Å². The molecule has 6 nitrogen and oxygen atoms in total. The fourth-order valence-corrected chi connectivity index (χ4v) is 2.42. The molecule has 118 valence electrons. The number of carbonyl (C=O) groups is 3. The van der Waals surface area contributed by atoms with E-state index in [0.717, 1.165) is 5.56 Å². The maximum Gasteiger partial charge on any atom is 0.316 e.